The molecular weight excluding hydrogens is 308 g/mol. The second-order valence-electron chi connectivity index (χ2n) is 5.26. The third kappa shape index (κ3) is 4.89. The lowest BCUT2D eigenvalue weighted by molar-refractivity contribution is -0.144. The molecule has 23 heavy (non-hydrogen) atoms. The van der Waals surface area contributed by atoms with Gasteiger partial charge in [0.15, 0.2) is 0 Å². The Hall–Kier alpha value is -2.20. The van der Waals surface area contributed by atoms with Gasteiger partial charge in [-0.3, -0.25) is 19.2 Å². The fraction of sp³-hybridized carbons (Fsp3) is 0.692. The van der Waals surface area contributed by atoms with E-state index in [0.29, 0.717) is 12.8 Å². The van der Waals surface area contributed by atoms with Crippen molar-refractivity contribution in [2.45, 2.75) is 37.9 Å². The maximum atomic E-state index is 12.4. The van der Waals surface area contributed by atoms with Crippen LogP contribution in [-0.4, -0.2) is 76.6 Å². The lowest BCUT2D eigenvalue weighted by atomic mass is 10.1. The van der Waals surface area contributed by atoms with Crippen LogP contribution in [0.1, 0.15) is 19.8 Å². The molecular formula is C13H22N4O6. The molecule has 0 radical (unpaired) electrons. The highest BCUT2D eigenvalue weighted by molar-refractivity contribution is 5.94. The summed E-state index contributed by atoms with van der Waals surface area (Å²) in [5, 5.41) is 22.7. The maximum absolute atomic E-state index is 12.4. The number of carboxylic acid groups (broad SMARTS) is 1. The largest absolute Gasteiger partial charge is 0.480 e. The quantitative estimate of drug-likeness (QED) is 0.332. The van der Waals surface area contributed by atoms with E-state index in [1.807, 2.05) is 0 Å². The number of carbonyl (C=O) groups is 4. The normalized spacial score (nSPS) is 19.8. The van der Waals surface area contributed by atoms with Crippen molar-refractivity contribution in [2.24, 2.45) is 5.73 Å². The van der Waals surface area contributed by atoms with Gasteiger partial charge in [0.2, 0.25) is 17.7 Å². The van der Waals surface area contributed by atoms with E-state index in [4.69, 9.17) is 10.8 Å². The Kier molecular flexibility index (Phi) is 6.91. The molecule has 1 aliphatic heterocycles. The molecule has 3 atom stereocenters. The van der Waals surface area contributed by atoms with Crippen LogP contribution in [0.25, 0.3) is 0 Å². The molecule has 1 saturated heterocycles. The molecule has 1 heterocycles. The minimum absolute atomic E-state index is 0.285. The summed E-state index contributed by atoms with van der Waals surface area (Å²) >= 11 is 0. The molecule has 10 nitrogen and oxygen atoms in total. The lowest BCUT2D eigenvalue weighted by Crippen LogP contribution is -2.56. The minimum Gasteiger partial charge on any atom is -0.480 e. The number of amides is 3. The molecule has 0 spiro atoms. The zero-order valence-electron chi connectivity index (χ0n) is 12.8. The smallest absolute Gasteiger partial charge is 0.325 e. The third-order valence-electron chi connectivity index (χ3n) is 3.57. The molecule has 0 bridgehead atoms. The standard InChI is InChI=1S/C13H22N4O6/c1-7(13(22)23)15-11(20)9-3-2-4-17(9)12(21)8(6-18)16-10(19)5-14/h7-9,18H,2-6,14H2,1H3,(H,15,20)(H,16,19)(H,22,23). The highest BCUT2D eigenvalue weighted by atomic mass is 16.4. The fourth-order valence-corrected chi connectivity index (χ4v) is 2.31. The Bertz CT molecular complexity index is 483. The van der Waals surface area contributed by atoms with Gasteiger partial charge in [0, 0.05) is 6.54 Å². The first-order valence-corrected chi connectivity index (χ1v) is 7.25. The van der Waals surface area contributed by atoms with Crippen LogP contribution in [0.15, 0.2) is 0 Å². The number of aliphatic hydroxyl groups is 1. The highest BCUT2D eigenvalue weighted by Gasteiger charge is 2.38. The number of likely N-dealkylation sites (tertiary alicyclic amines) is 1. The van der Waals surface area contributed by atoms with Crippen molar-refractivity contribution in [1.29, 1.82) is 0 Å². The SMILES string of the molecule is CC(NC(=O)C1CCCN1C(=O)C(CO)NC(=O)CN)C(=O)O. The van der Waals surface area contributed by atoms with E-state index < -0.39 is 48.4 Å². The van der Waals surface area contributed by atoms with Gasteiger partial charge in [0.05, 0.1) is 13.2 Å². The van der Waals surface area contributed by atoms with Crippen LogP contribution < -0.4 is 16.4 Å². The summed E-state index contributed by atoms with van der Waals surface area (Å²) in [5.74, 6) is -2.96. The van der Waals surface area contributed by atoms with Crippen LogP contribution in [0, 0.1) is 0 Å². The molecule has 6 N–H and O–H groups in total. The number of nitrogens with zero attached hydrogens (tertiary/aromatic N) is 1. The molecule has 0 aromatic carbocycles. The molecule has 0 aromatic rings. The van der Waals surface area contributed by atoms with Crippen molar-refractivity contribution in [2.75, 3.05) is 19.7 Å². The molecule has 0 saturated carbocycles. The second kappa shape index (κ2) is 8.44. The molecule has 10 heteroatoms. The number of aliphatic carboxylic acids is 1. The van der Waals surface area contributed by atoms with Crippen LogP contribution in [0.3, 0.4) is 0 Å². The molecule has 130 valence electrons. The number of rotatable bonds is 7. The maximum Gasteiger partial charge on any atom is 0.325 e. The zero-order valence-corrected chi connectivity index (χ0v) is 12.8. The van der Waals surface area contributed by atoms with Crippen LogP contribution in [0.5, 0.6) is 0 Å². The summed E-state index contributed by atoms with van der Waals surface area (Å²) in [5.41, 5.74) is 5.15. The number of nitrogens with one attached hydrogen (secondary N) is 2. The number of carboxylic acids is 1. The number of nitrogens with two attached hydrogens (primary N) is 1. The first-order valence-electron chi connectivity index (χ1n) is 7.25. The molecule has 1 aliphatic rings. The topological polar surface area (TPSA) is 162 Å². The lowest BCUT2D eigenvalue weighted by Gasteiger charge is -2.28. The zero-order chi connectivity index (χ0) is 17.6. The van der Waals surface area contributed by atoms with E-state index in [2.05, 4.69) is 10.6 Å². The van der Waals surface area contributed by atoms with Gasteiger partial charge in [-0.25, -0.2) is 0 Å². The van der Waals surface area contributed by atoms with E-state index in [9.17, 15) is 24.3 Å². The van der Waals surface area contributed by atoms with Crippen LogP contribution in [0.4, 0.5) is 0 Å². The Balaban J connectivity index is 2.76. The van der Waals surface area contributed by atoms with Gasteiger partial charge >= 0.3 is 5.97 Å². The van der Waals surface area contributed by atoms with Gasteiger partial charge in [-0.1, -0.05) is 0 Å². The van der Waals surface area contributed by atoms with E-state index in [1.165, 1.54) is 11.8 Å². The Morgan fingerprint density at radius 2 is 1.96 bits per heavy atom. The van der Waals surface area contributed by atoms with Gasteiger partial charge in [0.1, 0.15) is 18.1 Å². The van der Waals surface area contributed by atoms with E-state index >= 15 is 0 Å². The average Bonchev–Trinajstić information content (AvgIpc) is 3.00. The second-order valence-corrected chi connectivity index (χ2v) is 5.26. The monoisotopic (exact) mass is 330 g/mol. The van der Waals surface area contributed by atoms with Gasteiger partial charge in [-0.2, -0.15) is 0 Å². The summed E-state index contributed by atoms with van der Waals surface area (Å²) in [7, 11) is 0. The Labute approximate surface area is 133 Å². The number of carbonyl (C=O) groups excluding carboxylic acids is 3. The van der Waals surface area contributed by atoms with Crippen LogP contribution in [0.2, 0.25) is 0 Å². The molecule has 0 aromatic heterocycles. The number of hydrogen-bond acceptors (Lipinski definition) is 6. The van der Waals surface area contributed by atoms with Crippen molar-refractivity contribution in [3.63, 3.8) is 0 Å². The average molecular weight is 330 g/mol. The highest BCUT2D eigenvalue weighted by Crippen LogP contribution is 2.18. The first kappa shape index (κ1) is 18.8. The summed E-state index contributed by atoms with van der Waals surface area (Å²) in [6, 6.07) is -3.09. The van der Waals surface area contributed by atoms with Gasteiger partial charge in [-0.15, -0.1) is 0 Å². The van der Waals surface area contributed by atoms with Gasteiger partial charge in [-0.05, 0) is 19.8 Å². The van der Waals surface area contributed by atoms with Crippen LogP contribution in [-0.2, 0) is 19.2 Å². The molecule has 3 amide bonds. The minimum atomic E-state index is -1.18. The Morgan fingerprint density at radius 3 is 2.48 bits per heavy atom. The van der Waals surface area contributed by atoms with Crippen molar-refractivity contribution in [1.82, 2.24) is 15.5 Å². The van der Waals surface area contributed by atoms with E-state index in [0.717, 1.165) is 0 Å². The predicted molar refractivity (Wildman–Crippen MR) is 78.0 cm³/mol. The van der Waals surface area contributed by atoms with Crippen molar-refractivity contribution < 1.29 is 29.4 Å². The first-order chi connectivity index (χ1) is 10.8. The summed E-state index contributed by atoms with van der Waals surface area (Å²) < 4.78 is 0. The van der Waals surface area contributed by atoms with Crippen molar-refractivity contribution in [3.8, 4) is 0 Å². The summed E-state index contributed by atoms with van der Waals surface area (Å²) in [6.07, 6.45) is 0.946. The van der Waals surface area contributed by atoms with E-state index in [-0.39, 0.29) is 13.1 Å². The van der Waals surface area contributed by atoms with Gasteiger partial charge < -0.3 is 31.5 Å². The molecule has 1 rings (SSSR count). The van der Waals surface area contributed by atoms with Crippen molar-refractivity contribution in [3.05, 3.63) is 0 Å². The molecule has 0 aliphatic carbocycles. The van der Waals surface area contributed by atoms with Gasteiger partial charge in [0.25, 0.3) is 0 Å². The fourth-order valence-electron chi connectivity index (χ4n) is 2.31. The number of aliphatic hydroxyl groups excluding tert-OH is 1. The molecule has 3 unspecified atom stereocenters. The van der Waals surface area contributed by atoms with Crippen LogP contribution >= 0.6 is 0 Å². The van der Waals surface area contributed by atoms with Crippen molar-refractivity contribution >= 4 is 23.7 Å². The molecule has 1 fully saturated rings. The van der Waals surface area contributed by atoms with E-state index in [1.54, 1.807) is 0 Å². The number of hydrogen-bond donors (Lipinski definition) is 5. The summed E-state index contributed by atoms with van der Waals surface area (Å²) in [4.78, 5) is 47.8. The third-order valence-corrected chi connectivity index (χ3v) is 3.57. The Morgan fingerprint density at radius 1 is 1.30 bits per heavy atom. The summed E-state index contributed by atoms with van der Waals surface area (Å²) in [6.45, 7) is 0.650. The predicted octanol–water partition coefficient (Wildman–Crippen LogP) is -3.00.